The van der Waals surface area contributed by atoms with Crippen LogP contribution in [0.3, 0.4) is 0 Å². The van der Waals surface area contributed by atoms with E-state index in [1.165, 1.54) is 72.0 Å². The zero-order chi connectivity index (χ0) is 38.3. The summed E-state index contributed by atoms with van der Waals surface area (Å²) < 4.78 is 13.8. The fourth-order valence-electron chi connectivity index (χ4n) is 10.6. The highest BCUT2D eigenvalue weighted by Gasteiger charge is 2.30. The average molecular weight is 747 g/mol. The first-order valence-corrected chi connectivity index (χ1v) is 20.9. The monoisotopic (exact) mass is 746 g/mol. The number of furan rings is 2. The zero-order valence-corrected chi connectivity index (χ0v) is 32.5. The van der Waals surface area contributed by atoms with Crippen molar-refractivity contribution >= 4 is 43.9 Å². The average Bonchev–Trinajstić information content (AvgIpc) is 3.74. The highest BCUT2D eigenvalue weighted by atomic mass is 16.3. The van der Waals surface area contributed by atoms with E-state index in [0.717, 1.165) is 64.4 Å². The Morgan fingerprint density at radius 2 is 1.03 bits per heavy atom. The molecule has 58 heavy (non-hydrogen) atoms. The van der Waals surface area contributed by atoms with Crippen molar-refractivity contribution in [2.45, 2.75) is 50.4 Å². The van der Waals surface area contributed by atoms with Crippen LogP contribution in [0.15, 0.2) is 179 Å². The summed E-state index contributed by atoms with van der Waals surface area (Å²) >= 11 is 0. The lowest BCUT2D eigenvalue weighted by molar-refractivity contribution is 0.579. The maximum absolute atomic E-state index is 6.91. The number of aryl methyl sites for hydroxylation is 1. The highest BCUT2D eigenvalue weighted by Crippen LogP contribution is 2.48. The van der Waals surface area contributed by atoms with Gasteiger partial charge in [-0.05, 0) is 123 Å². The van der Waals surface area contributed by atoms with Crippen LogP contribution in [-0.2, 0) is 19.3 Å². The minimum absolute atomic E-state index is 0.277. The Morgan fingerprint density at radius 1 is 0.483 bits per heavy atom. The van der Waals surface area contributed by atoms with Crippen LogP contribution in [0.5, 0.6) is 0 Å². The molecule has 2 nitrogen and oxygen atoms in total. The number of hydrogen-bond acceptors (Lipinski definition) is 2. The van der Waals surface area contributed by atoms with E-state index in [1.807, 2.05) is 0 Å². The Kier molecular flexibility index (Phi) is 7.63. The predicted molar refractivity (Wildman–Crippen MR) is 239 cm³/mol. The predicted octanol–water partition coefficient (Wildman–Crippen LogP) is 14.9. The molecular formula is C56H42O2. The molecule has 10 aromatic rings. The summed E-state index contributed by atoms with van der Waals surface area (Å²) in [7, 11) is 0. The molecule has 0 saturated heterocycles. The molecule has 0 bridgehead atoms. The van der Waals surface area contributed by atoms with E-state index < -0.39 is 0 Å². The molecule has 0 radical (unpaired) electrons. The molecule has 12 rings (SSSR count). The lowest BCUT2D eigenvalue weighted by Gasteiger charge is -2.24. The second kappa shape index (κ2) is 13.2. The number of hydrogen-bond donors (Lipinski definition) is 0. The van der Waals surface area contributed by atoms with Crippen LogP contribution in [0.1, 0.15) is 75.6 Å². The SMILES string of the molecule is CC1c2ccccc2-c2ccccc2CC1c1ccc2oc3c(Cc4ccccc4)c4oc5ccc(C6CCc7ccccc7-c7ccccc76)cc5c4cc3c2c1. The molecule has 3 unspecified atom stereocenters. The van der Waals surface area contributed by atoms with Gasteiger partial charge < -0.3 is 8.83 Å². The summed E-state index contributed by atoms with van der Waals surface area (Å²) in [6.45, 7) is 2.41. The molecule has 0 saturated carbocycles. The van der Waals surface area contributed by atoms with Crippen molar-refractivity contribution in [1.29, 1.82) is 0 Å². The summed E-state index contributed by atoms with van der Waals surface area (Å²) in [4.78, 5) is 0. The van der Waals surface area contributed by atoms with E-state index >= 15 is 0 Å². The zero-order valence-electron chi connectivity index (χ0n) is 32.5. The molecule has 0 fully saturated rings. The highest BCUT2D eigenvalue weighted by molar-refractivity contribution is 6.17. The minimum Gasteiger partial charge on any atom is -0.456 e. The van der Waals surface area contributed by atoms with Crippen molar-refractivity contribution in [3.8, 4) is 22.3 Å². The summed E-state index contributed by atoms with van der Waals surface area (Å²) in [5.41, 5.74) is 19.8. The van der Waals surface area contributed by atoms with E-state index in [1.54, 1.807) is 0 Å². The first-order valence-electron chi connectivity index (χ1n) is 20.9. The lowest BCUT2D eigenvalue weighted by Crippen LogP contribution is -2.10. The van der Waals surface area contributed by atoms with Crippen molar-refractivity contribution in [3.05, 3.63) is 214 Å². The van der Waals surface area contributed by atoms with E-state index in [-0.39, 0.29) is 5.92 Å². The quantitative estimate of drug-likeness (QED) is 0.179. The van der Waals surface area contributed by atoms with Gasteiger partial charge in [0.05, 0.1) is 0 Å². The minimum atomic E-state index is 0.277. The largest absolute Gasteiger partial charge is 0.456 e. The maximum Gasteiger partial charge on any atom is 0.142 e. The topological polar surface area (TPSA) is 26.3 Å². The molecule has 8 aromatic carbocycles. The fourth-order valence-corrected chi connectivity index (χ4v) is 10.6. The Morgan fingerprint density at radius 3 is 1.76 bits per heavy atom. The Labute approximate surface area is 338 Å². The van der Waals surface area contributed by atoms with Gasteiger partial charge in [-0.3, -0.25) is 0 Å². The third-order valence-electron chi connectivity index (χ3n) is 13.5. The van der Waals surface area contributed by atoms with E-state index in [9.17, 15) is 0 Å². The van der Waals surface area contributed by atoms with Gasteiger partial charge in [-0.15, -0.1) is 0 Å². The Bertz CT molecular complexity index is 3210. The van der Waals surface area contributed by atoms with Crippen LogP contribution >= 0.6 is 0 Å². The van der Waals surface area contributed by atoms with E-state index in [2.05, 4.69) is 177 Å². The smallest absolute Gasteiger partial charge is 0.142 e. The van der Waals surface area contributed by atoms with Crippen molar-refractivity contribution < 1.29 is 8.83 Å². The Balaban J connectivity index is 1.05. The third kappa shape index (κ3) is 5.24. The van der Waals surface area contributed by atoms with Gasteiger partial charge in [0.15, 0.2) is 0 Å². The van der Waals surface area contributed by atoms with Crippen molar-refractivity contribution in [3.63, 3.8) is 0 Å². The second-order valence-electron chi connectivity index (χ2n) is 16.7. The molecule has 0 N–H and O–H groups in total. The van der Waals surface area contributed by atoms with Crippen LogP contribution in [-0.4, -0.2) is 0 Å². The first kappa shape index (κ1) is 33.5. The van der Waals surface area contributed by atoms with Crippen molar-refractivity contribution in [1.82, 2.24) is 0 Å². The molecule has 2 aliphatic carbocycles. The molecule has 2 aliphatic rings. The van der Waals surface area contributed by atoms with Crippen LogP contribution in [0.2, 0.25) is 0 Å². The summed E-state index contributed by atoms with van der Waals surface area (Å²) in [6, 6.07) is 62.9. The van der Waals surface area contributed by atoms with E-state index in [0.29, 0.717) is 11.8 Å². The van der Waals surface area contributed by atoms with Crippen LogP contribution in [0, 0.1) is 0 Å². The van der Waals surface area contributed by atoms with Gasteiger partial charge in [0.2, 0.25) is 0 Å². The molecule has 0 amide bonds. The molecule has 2 heterocycles. The van der Waals surface area contributed by atoms with Crippen molar-refractivity contribution in [2.75, 3.05) is 0 Å². The van der Waals surface area contributed by atoms with Gasteiger partial charge in [0.1, 0.15) is 22.3 Å². The van der Waals surface area contributed by atoms with Gasteiger partial charge in [0, 0.05) is 39.4 Å². The number of benzene rings is 8. The van der Waals surface area contributed by atoms with Gasteiger partial charge in [-0.25, -0.2) is 0 Å². The molecule has 2 heteroatoms. The summed E-state index contributed by atoms with van der Waals surface area (Å²) in [5, 5.41) is 4.64. The maximum atomic E-state index is 6.91. The van der Waals surface area contributed by atoms with E-state index in [4.69, 9.17) is 8.83 Å². The molecular weight excluding hydrogens is 705 g/mol. The van der Waals surface area contributed by atoms with Crippen LogP contribution in [0.4, 0.5) is 0 Å². The molecule has 278 valence electrons. The Hall–Kier alpha value is -6.64. The fraction of sp³-hybridized carbons (Fsp3) is 0.143. The standard InChI is InChI=1S/C56H42O2/c1-34-40-17-9-10-20-44(40)42-19-8-6-16-37(42)30-47(34)39-25-28-54-49(32-39)51-33-50-48-31-38(43-26-23-36-15-5-7-18-41(36)45-21-11-12-22-46(43)45)24-27-53(48)57-55(50)52(56(51)58-54)29-35-13-3-2-4-14-35/h2-22,24-25,27-28,31-34,43,47H,23,26,29-30H2,1H3. The normalized spacial score (nSPS) is 17.4. The second-order valence-corrected chi connectivity index (χ2v) is 16.7. The first-order chi connectivity index (χ1) is 28.7. The molecule has 0 aliphatic heterocycles. The lowest BCUT2D eigenvalue weighted by atomic mass is 9.80. The van der Waals surface area contributed by atoms with Crippen LogP contribution in [0.25, 0.3) is 66.1 Å². The van der Waals surface area contributed by atoms with Crippen LogP contribution < -0.4 is 0 Å². The summed E-state index contributed by atoms with van der Waals surface area (Å²) in [5.74, 6) is 0.940. The van der Waals surface area contributed by atoms with Gasteiger partial charge in [-0.1, -0.05) is 146 Å². The molecule has 0 spiro atoms. The van der Waals surface area contributed by atoms with Gasteiger partial charge >= 0.3 is 0 Å². The van der Waals surface area contributed by atoms with Gasteiger partial charge in [-0.2, -0.15) is 0 Å². The molecule has 3 atom stereocenters. The third-order valence-corrected chi connectivity index (χ3v) is 13.5. The van der Waals surface area contributed by atoms with Gasteiger partial charge in [0.25, 0.3) is 0 Å². The summed E-state index contributed by atoms with van der Waals surface area (Å²) in [6.07, 6.45) is 3.81. The van der Waals surface area contributed by atoms with Crippen molar-refractivity contribution in [2.24, 2.45) is 0 Å². The number of rotatable bonds is 4. The molecule has 2 aromatic heterocycles. The number of fused-ring (bicyclic) bond motifs is 12.